The number of hydrogen-bond donors (Lipinski definition) is 2. The van der Waals surface area contributed by atoms with Crippen molar-refractivity contribution in [3.8, 4) is 11.5 Å². The van der Waals surface area contributed by atoms with Crippen LogP contribution in [-0.2, 0) is 0 Å². The topological polar surface area (TPSA) is 40.5 Å². The second-order valence-electron chi connectivity index (χ2n) is 1.74. The van der Waals surface area contributed by atoms with Crippen LogP contribution in [0.4, 0.5) is 0 Å². The van der Waals surface area contributed by atoms with Gasteiger partial charge in [-0.25, -0.2) is 0 Å². The second kappa shape index (κ2) is 3.31. The van der Waals surface area contributed by atoms with Crippen molar-refractivity contribution in [1.82, 2.24) is 0 Å². The zero-order valence-electron chi connectivity index (χ0n) is 4.98. The fourth-order valence-corrected chi connectivity index (χ4v) is 2.86. The molecule has 0 saturated carbocycles. The monoisotopic (exact) mass is 270 g/mol. The molecule has 0 aliphatic carbocycles. The van der Waals surface area contributed by atoms with Crippen molar-refractivity contribution in [3.63, 3.8) is 0 Å². The Kier molecular flexibility index (Phi) is 2.63. The zero-order valence-corrected chi connectivity index (χ0v) is 8.57. The number of aromatic hydroxyl groups is 2. The zero-order chi connectivity index (χ0) is 7.56. The summed E-state index contributed by atoms with van der Waals surface area (Å²) >= 11 is 2.65. The number of rotatable bonds is 1. The van der Waals surface area contributed by atoms with Gasteiger partial charge < -0.3 is 0 Å². The molecule has 2 N–H and O–H groups in total. The first-order valence-electron chi connectivity index (χ1n) is 2.57. The first kappa shape index (κ1) is 7.96. The summed E-state index contributed by atoms with van der Waals surface area (Å²) in [6, 6.07) is 4.65. The summed E-state index contributed by atoms with van der Waals surface area (Å²) in [5.41, 5.74) is 0. The number of phenolic OH excluding ortho intramolecular Hbond substituents is 2. The quantitative estimate of drug-likeness (QED) is 0.657. The van der Waals surface area contributed by atoms with E-state index in [0.29, 0.717) is 0 Å². The Morgan fingerprint density at radius 1 is 1.30 bits per heavy atom. The molecule has 0 amide bonds. The van der Waals surface area contributed by atoms with Crippen LogP contribution in [0.1, 0.15) is 0 Å². The SMILES string of the molecule is Oc1ccc([Se][SeH])c(O)c1. The van der Waals surface area contributed by atoms with Crippen molar-refractivity contribution < 1.29 is 10.2 Å². The number of phenols is 2. The first-order valence-corrected chi connectivity index (χ1v) is 8.18. The van der Waals surface area contributed by atoms with Crippen LogP contribution in [-0.4, -0.2) is 37.5 Å². The van der Waals surface area contributed by atoms with Crippen LogP contribution in [0.25, 0.3) is 0 Å². The summed E-state index contributed by atoms with van der Waals surface area (Å²) in [4.78, 5) is 0. The van der Waals surface area contributed by atoms with Gasteiger partial charge in [0.2, 0.25) is 0 Å². The molecule has 0 aliphatic heterocycles. The molecule has 4 heteroatoms. The number of hydrogen-bond acceptors (Lipinski definition) is 2. The van der Waals surface area contributed by atoms with Crippen LogP contribution >= 0.6 is 0 Å². The Balaban J connectivity index is 3.07. The van der Waals surface area contributed by atoms with Crippen LogP contribution in [0, 0.1) is 0 Å². The molecule has 0 spiro atoms. The molecule has 2 nitrogen and oxygen atoms in total. The standard InChI is InChI=1S/C6H6O2Se2/c7-4-1-2-6(10-9)5(8)3-4/h1-3,7-9H. The maximum absolute atomic E-state index is 9.14. The van der Waals surface area contributed by atoms with Gasteiger partial charge in [0.25, 0.3) is 0 Å². The third-order valence-electron chi connectivity index (χ3n) is 1.04. The van der Waals surface area contributed by atoms with Crippen LogP contribution in [0.5, 0.6) is 11.5 Å². The summed E-state index contributed by atoms with van der Waals surface area (Å²) in [6.45, 7) is 0. The van der Waals surface area contributed by atoms with Gasteiger partial charge in [-0.15, -0.1) is 0 Å². The van der Waals surface area contributed by atoms with Gasteiger partial charge in [0.05, 0.1) is 0 Å². The average Bonchev–Trinajstić information content (AvgIpc) is 1.88. The molecule has 54 valence electrons. The van der Waals surface area contributed by atoms with E-state index in [1.54, 1.807) is 12.1 Å². The maximum atomic E-state index is 9.14. The molecule has 0 radical (unpaired) electrons. The van der Waals surface area contributed by atoms with Crippen molar-refractivity contribution in [3.05, 3.63) is 18.2 Å². The van der Waals surface area contributed by atoms with E-state index in [2.05, 4.69) is 14.2 Å². The van der Waals surface area contributed by atoms with Crippen LogP contribution < -0.4 is 4.46 Å². The molecule has 0 unspecified atom stereocenters. The van der Waals surface area contributed by atoms with E-state index in [1.807, 2.05) is 0 Å². The number of benzene rings is 1. The molecule has 0 saturated heterocycles. The molecule has 10 heavy (non-hydrogen) atoms. The van der Waals surface area contributed by atoms with Gasteiger partial charge in [0.15, 0.2) is 0 Å². The Bertz CT molecular complexity index is 237. The van der Waals surface area contributed by atoms with Crippen molar-refractivity contribution in [1.29, 1.82) is 0 Å². The van der Waals surface area contributed by atoms with E-state index in [0.717, 1.165) is 4.46 Å². The van der Waals surface area contributed by atoms with Gasteiger partial charge >= 0.3 is 71.7 Å². The van der Waals surface area contributed by atoms with Crippen molar-refractivity contribution >= 4 is 31.8 Å². The van der Waals surface area contributed by atoms with Gasteiger partial charge in [-0.05, 0) is 0 Å². The molecule has 1 aromatic rings. The van der Waals surface area contributed by atoms with Crippen molar-refractivity contribution in [2.75, 3.05) is 0 Å². The van der Waals surface area contributed by atoms with Crippen LogP contribution in [0.3, 0.4) is 0 Å². The molecular formula is C6H6O2Se2. The van der Waals surface area contributed by atoms with E-state index >= 15 is 0 Å². The van der Waals surface area contributed by atoms with Crippen molar-refractivity contribution in [2.24, 2.45) is 0 Å². The van der Waals surface area contributed by atoms with E-state index in [9.17, 15) is 0 Å². The van der Waals surface area contributed by atoms with Gasteiger partial charge in [-0.1, -0.05) is 0 Å². The van der Waals surface area contributed by atoms with E-state index in [4.69, 9.17) is 10.2 Å². The van der Waals surface area contributed by atoms with Gasteiger partial charge in [-0.3, -0.25) is 0 Å². The van der Waals surface area contributed by atoms with Gasteiger partial charge in [-0.2, -0.15) is 0 Å². The molecule has 1 rings (SSSR count). The summed E-state index contributed by atoms with van der Waals surface area (Å²) in [5, 5.41) is 18.0. The van der Waals surface area contributed by atoms with E-state index < -0.39 is 0 Å². The Hall–Kier alpha value is -0.141. The van der Waals surface area contributed by atoms with E-state index in [1.165, 1.54) is 6.07 Å². The molecule has 0 heterocycles. The molecule has 0 aromatic heterocycles. The minimum absolute atomic E-state index is 0.109. The summed E-state index contributed by atoms with van der Waals surface area (Å²) < 4.78 is 0.894. The van der Waals surface area contributed by atoms with Crippen LogP contribution in [0.15, 0.2) is 18.2 Å². The van der Waals surface area contributed by atoms with Crippen molar-refractivity contribution in [2.45, 2.75) is 0 Å². The van der Waals surface area contributed by atoms with Gasteiger partial charge in [0, 0.05) is 0 Å². The molecule has 0 atom stereocenters. The average molecular weight is 268 g/mol. The molecule has 0 fully saturated rings. The Morgan fingerprint density at radius 2 is 2.00 bits per heavy atom. The Morgan fingerprint density at radius 3 is 2.50 bits per heavy atom. The third kappa shape index (κ3) is 1.67. The second-order valence-corrected chi connectivity index (χ2v) is 5.04. The molecule has 1 aromatic carbocycles. The fraction of sp³-hybridized carbons (Fsp3) is 0. The normalized spacial score (nSPS) is 9.70. The third-order valence-corrected chi connectivity index (χ3v) is 4.32. The first-order chi connectivity index (χ1) is 4.74. The summed E-state index contributed by atoms with van der Waals surface area (Å²) in [7, 11) is 0. The molecule has 0 aliphatic rings. The Labute approximate surface area is 71.8 Å². The predicted octanol–water partition coefficient (Wildman–Crippen LogP) is -0.757. The van der Waals surface area contributed by atoms with Crippen LogP contribution in [0.2, 0.25) is 0 Å². The van der Waals surface area contributed by atoms with Gasteiger partial charge in [0.1, 0.15) is 0 Å². The molecule has 0 bridgehead atoms. The summed E-state index contributed by atoms with van der Waals surface area (Å²) in [6.07, 6.45) is 0. The predicted molar refractivity (Wildman–Crippen MR) is 42.3 cm³/mol. The minimum atomic E-state index is 0.109. The fourth-order valence-electron chi connectivity index (χ4n) is 0.583. The molecular weight excluding hydrogens is 262 g/mol. The summed E-state index contributed by atoms with van der Waals surface area (Å²) in [5.74, 6) is 0.290. The van der Waals surface area contributed by atoms with E-state index in [-0.39, 0.29) is 24.6 Å².